The lowest BCUT2D eigenvalue weighted by atomic mass is 10.0. The van der Waals surface area contributed by atoms with Crippen LogP contribution in [-0.4, -0.2) is 48.6 Å². The van der Waals surface area contributed by atoms with Gasteiger partial charge in [-0.2, -0.15) is 0 Å². The average Bonchev–Trinajstić information content (AvgIpc) is 2.87. The van der Waals surface area contributed by atoms with Crippen molar-refractivity contribution in [2.75, 3.05) is 32.8 Å². The molecule has 0 saturated carbocycles. The van der Waals surface area contributed by atoms with Gasteiger partial charge in [0, 0.05) is 12.6 Å². The van der Waals surface area contributed by atoms with Gasteiger partial charge in [0.15, 0.2) is 0 Å². The third kappa shape index (κ3) is 4.95. The van der Waals surface area contributed by atoms with E-state index in [0.29, 0.717) is 0 Å². The minimum Gasteiger partial charge on any atom is -0.494 e. The maximum atomic E-state index is 5.52. The number of hydrogen-bond donors (Lipinski definition) is 0. The van der Waals surface area contributed by atoms with Crippen LogP contribution in [0.25, 0.3) is 0 Å². The fraction of sp³-hybridized carbons (Fsp3) is 0.700. The topological polar surface area (TPSA) is 15.7 Å². The summed E-state index contributed by atoms with van der Waals surface area (Å²) in [5.74, 6) is 0.983. The van der Waals surface area contributed by atoms with Gasteiger partial charge in [-0.1, -0.05) is 25.0 Å². The minimum atomic E-state index is 0.739. The molecule has 23 heavy (non-hydrogen) atoms. The van der Waals surface area contributed by atoms with E-state index in [0.717, 1.165) is 24.9 Å². The molecule has 2 aliphatic heterocycles. The van der Waals surface area contributed by atoms with Gasteiger partial charge in [0.2, 0.25) is 0 Å². The fourth-order valence-electron chi connectivity index (χ4n) is 4.02. The lowest BCUT2D eigenvalue weighted by molar-refractivity contribution is 0.107. The van der Waals surface area contributed by atoms with E-state index < -0.39 is 0 Å². The van der Waals surface area contributed by atoms with Crippen molar-refractivity contribution in [3.8, 4) is 5.75 Å². The van der Waals surface area contributed by atoms with E-state index in [4.69, 9.17) is 4.74 Å². The zero-order valence-electron chi connectivity index (χ0n) is 14.7. The standard InChI is InChI=1S/C20H32N2O/c1-2-23-20-9-7-18(8-10-20)17-21-15-11-19(12-16-21)22-13-5-3-4-6-14-22/h7-10,19H,2-6,11-17H2,1H3. The van der Waals surface area contributed by atoms with Crippen LogP contribution in [-0.2, 0) is 6.54 Å². The molecule has 3 rings (SSSR count). The lowest BCUT2D eigenvalue weighted by Gasteiger charge is -2.38. The van der Waals surface area contributed by atoms with Gasteiger partial charge in [-0.3, -0.25) is 4.90 Å². The number of rotatable bonds is 5. The monoisotopic (exact) mass is 316 g/mol. The maximum absolute atomic E-state index is 5.52. The molecule has 3 heteroatoms. The highest BCUT2D eigenvalue weighted by Crippen LogP contribution is 2.22. The van der Waals surface area contributed by atoms with Gasteiger partial charge in [0.1, 0.15) is 5.75 Å². The van der Waals surface area contributed by atoms with Gasteiger partial charge in [-0.15, -0.1) is 0 Å². The average molecular weight is 316 g/mol. The Morgan fingerprint density at radius 1 is 0.913 bits per heavy atom. The van der Waals surface area contributed by atoms with Crippen LogP contribution >= 0.6 is 0 Å². The summed E-state index contributed by atoms with van der Waals surface area (Å²) >= 11 is 0. The summed E-state index contributed by atoms with van der Waals surface area (Å²) in [4.78, 5) is 5.39. The van der Waals surface area contributed by atoms with Gasteiger partial charge < -0.3 is 9.64 Å². The molecular weight excluding hydrogens is 284 g/mol. The molecule has 0 atom stereocenters. The quantitative estimate of drug-likeness (QED) is 0.819. The van der Waals surface area contributed by atoms with E-state index in [2.05, 4.69) is 34.1 Å². The highest BCUT2D eigenvalue weighted by Gasteiger charge is 2.24. The molecule has 2 saturated heterocycles. The first-order valence-corrected chi connectivity index (χ1v) is 9.53. The molecule has 0 bridgehead atoms. The Hall–Kier alpha value is -1.06. The van der Waals surface area contributed by atoms with Gasteiger partial charge in [-0.05, 0) is 76.5 Å². The Kier molecular flexibility index (Phi) is 6.35. The molecule has 0 radical (unpaired) electrons. The predicted molar refractivity (Wildman–Crippen MR) is 96.0 cm³/mol. The highest BCUT2D eigenvalue weighted by atomic mass is 16.5. The van der Waals surface area contributed by atoms with Gasteiger partial charge >= 0.3 is 0 Å². The summed E-state index contributed by atoms with van der Waals surface area (Å²) in [6.07, 6.45) is 8.38. The normalized spacial score (nSPS) is 22.0. The van der Waals surface area contributed by atoms with Gasteiger partial charge in [0.05, 0.1) is 6.61 Å². The highest BCUT2D eigenvalue weighted by molar-refractivity contribution is 5.27. The van der Waals surface area contributed by atoms with Crippen LogP contribution in [0.3, 0.4) is 0 Å². The van der Waals surface area contributed by atoms with Crippen LogP contribution < -0.4 is 4.74 Å². The summed E-state index contributed by atoms with van der Waals surface area (Å²) in [6, 6.07) is 9.47. The van der Waals surface area contributed by atoms with Crippen molar-refractivity contribution in [3.63, 3.8) is 0 Å². The SMILES string of the molecule is CCOc1ccc(CN2CCC(N3CCCCCC3)CC2)cc1. The van der Waals surface area contributed by atoms with Crippen LogP contribution in [0.5, 0.6) is 5.75 Å². The van der Waals surface area contributed by atoms with Crippen molar-refractivity contribution >= 4 is 0 Å². The first-order chi connectivity index (χ1) is 11.3. The van der Waals surface area contributed by atoms with Crippen molar-refractivity contribution in [1.82, 2.24) is 9.80 Å². The Balaban J connectivity index is 1.45. The second-order valence-electron chi connectivity index (χ2n) is 7.03. The van der Waals surface area contributed by atoms with Crippen LogP contribution in [0, 0.1) is 0 Å². The van der Waals surface area contributed by atoms with Crippen LogP contribution in [0.4, 0.5) is 0 Å². The largest absolute Gasteiger partial charge is 0.494 e. The number of hydrogen-bond acceptors (Lipinski definition) is 3. The first-order valence-electron chi connectivity index (χ1n) is 9.53. The van der Waals surface area contributed by atoms with E-state index in [1.165, 1.54) is 70.3 Å². The number of likely N-dealkylation sites (tertiary alicyclic amines) is 2. The lowest BCUT2D eigenvalue weighted by Crippen LogP contribution is -2.45. The molecule has 3 nitrogen and oxygen atoms in total. The third-order valence-corrected chi connectivity index (χ3v) is 5.35. The van der Waals surface area contributed by atoms with Crippen LogP contribution in [0.2, 0.25) is 0 Å². The first kappa shape index (κ1) is 16.8. The van der Waals surface area contributed by atoms with E-state index in [-0.39, 0.29) is 0 Å². The molecule has 1 aromatic rings. The zero-order chi connectivity index (χ0) is 15.9. The van der Waals surface area contributed by atoms with Gasteiger partial charge in [0.25, 0.3) is 0 Å². The van der Waals surface area contributed by atoms with Gasteiger partial charge in [-0.25, -0.2) is 0 Å². The molecule has 0 unspecified atom stereocenters. The molecule has 0 aliphatic carbocycles. The molecule has 0 amide bonds. The molecule has 0 spiro atoms. The summed E-state index contributed by atoms with van der Waals surface area (Å²) in [6.45, 7) is 9.01. The Bertz CT molecular complexity index is 443. The van der Waals surface area contributed by atoms with E-state index >= 15 is 0 Å². The fourth-order valence-corrected chi connectivity index (χ4v) is 4.02. The Labute approximate surface area is 141 Å². The van der Waals surface area contributed by atoms with Crippen LogP contribution in [0.15, 0.2) is 24.3 Å². The van der Waals surface area contributed by atoms with Crippen molar-refractivity contribution in [2.24, 2.45) is 0 Å². The molecule has 0 N–H and O–H groups in total. The minimum absolute atomic E-state index is 0.739. The third-order valence-electron chi connectivity index (χ3n) is 5.35. The van der Waals surface area contributed by atoms with E-state index in [9.17, 15) is 0 Å². The second kappa shape index (κ2) is 8.70. The number of benzene rings is 1. The zero-order valence-corrected chi connectivity index (χ0v) is 14.7. The molecule has 2 aliphatic rings. The van der Waals surface area contributed by atoms with E-state index in [1.54, 1.807) is 0 Å². The number of nitrogens with zero attached hydrogens (tertiary/aromatic N) is 2. The molecule has 128 valence electrons. The Morgan fingerprint density at radius 2 is 1.57 bits per heavy atom. The number of piperidine rings is 1. The molecule has 2 fully saturated rings. The second-order valence-corrected chi connectivity index (χ2v) is 7.03. The molecular formula is C20H32N2O. The van der Waals surface area contributed by atoms with Crippen LogP contribution in [0.1, 0.15) is 51.0 Å². The summed E-state index contributed by atoms with van der Waals surface area (Å²) in [5.41, 5.74) is 1.40. The van der Waals surface area contributed by atoms with Crippen molar-refractivity contribution < 1.29 is 4.74 Å². The smallest absolute Gasteiger partial charge is 0.119 e. The molecule has 0 aromatic heterocycles. The predicted octanol–water partition coefficient (Wildman–Crippen LogP) is 3.93. The Morgan fingerprint density at radius 3 is 2.17 bits per heavy atom. The van der Waals surface area contributed by atoms with Crippen molar-refractivity contribution in [1.29, 1.82) is 0 Å². The summed E-state index contributed by atoms with van der Waals surface area (Å²) in [7, 11) is 0. The van der Waals surface area contributed by atoms with E-state index in [1.807, 2.05) is 6.92 Å². The summed E-state index contributed by atoms with van der Waals surface area (Å²) < 4.78 is 5.52. The summed E-state index contributed by atoms with van der Waals surface area (Å²) in [5, 5.41) is 0. The number of ether oxygens (including phenoxy) is 1. The molecule has 1 aromatic carbocycles. The van der Waals surface area contributed by atoms with Crippen molar-refractivity contribution in [2.45, 2.75) is 58.0 Å². The maximum Gasteiger partial charge on any atom is 0.119 e. The molecule has 2 heterocycles. The van der Waals surface area contributed by atoms with Crippen molar-refractivity contribution in [3.05, 3.63) is 29.8 Å².